The van der Waals surface area contributed by atoms with Gasteiger partial charge >= 0.3 is 5.56 Å². The number of benzene rings is 2. The Balaban J connectivity index is 1.67. The van der Waals surface area contributed by atoms with Crippen molar-refractivity contribution in [3.05, 3.63) is 87.8 Å². The minimum absolute atomic E-state index is 0.219. The average Bonchev–Trinajstić information content (AvgIpc) is 3.12. The highest BCUT2D eigenvalue weighted by atomic mass is 16.5. The van der Waals surface area contributed by atoms with Gasteiger partial charge in [0.25, 0.3) is 0 Å². The Morgan fingerprint density at radius 3 is 2.78 bits per heavy atom. The van der Waals surface area contributed by atoms with E-state index in [0.29, 0.717) is 12.5 Å². The van der Waals surface area contributed by atoms with Gasteiger partial charge in [0.1, 0.15) is 0 Å². The van der Waals surface area contributed by atoms with E-state index in [1.54, 1.807) is 6.20 Å². The van der Waals surface area contributed by atoms with Crippen molar-refractivity contribution in [3.63, 3.8) is 0 Å². The third-order valence-electron chi connectivity index (χ3n) is 4.91. The maximum Gasteiger partial charge on any atom is 0.316 e. The zero-order valence-electron chi connectivity index (χ0n) is 15.2. The van der Waals surface area contributed by atoms with Crippen LogP contribution in [0.4, 0.5) is 5.95 Å². The van der Waals surface area contributed by atoms with E-state index < -0.39 is 5.56 Å². The summed E-state index contributed by atoms with van der Waals surface area (Å²) in [6.07, 6.45) is 5.68. The van der Waals surface area contributed by atoms with Gasteiger partial charge in [0.2, 0.25) is 11.7 Å². The summed E-state index contributed by atoms with van der Waals surface area (Å²) < 4.78 is 7.01. The second kappa shape index (κ2) is 7.58. The lowest BCUT2D eigenvalue weighted by molar-refractivity contribution is 0.402. The van der Waals surface area contributed by atoms with E-state index in [1.165, 1.54) is 18.2 Å². The summed E-state index contributed by atoms with van der Waals surface area (Å²) in [5, 5.41) is 0. The van der Waals surface area contributed by atoms with E-state index in [-0.39, 0.29) is 11.7 Å². The Bertz CT molecular complexity index is 1030. The van der Waals surface area contributed by atoms with Crippen molar-refractivity contribution in [2.75, 3.05) is 7.11 Å². The number of aryl methyl sites for hydroxylation is 1. The number of nitrogens with zero attached hydrogens (tertiary/aromatic N) is 3. The first-order chi connectivity index (χ1) is 13.2. The van der Waals surface area contributed by atoms with E-state index in [9.17, 15) is 4.79 Å². The molecule has 1 aliphatic rings. The van der Waals surface area contributed by atoms with Crippen LogP contribution in [-0.4, -0.2) is 22.9 Å². The molecule has 1 aromatic heterocycles. The Morgan fingerprint density at radius 2 is 1.96 bits per heavy atom. The lowest BCUT2D eigenvalue weighted by Crippen LogP contribution is -2.15. The molecule has 3 aromatic rings. The van der Waals surface area contributed by atoms with Gasteiger partial charge in [0.15, 0.2) is 0 Å². The molecule has 1 heterocycles. The van der Waals surface area contributed by atoms with Gasteiger partial charge in [-0.2, -0.15) is 4.98 Å². The quantitative estimate of drug-likeness (QED) is 0.652. The Hall–Kier alpha value is -3.21. The number of hydrogen-bond acceptors (Lipinski definition) is 4. The number of aromatic nitrogens is 2. The lowest BCUT2D eigenvalue weighted by Gasteiger charge is -2.12. The average molecular weight is 359 g/mol. The van der Waals surface area contributed by atoms with Crippen molar-refractivity contribution < 1.29 is 4.74 Å². The summed E-state index contributed by atoms with van der Waals surface area (Å²) in [5.41, 5.74) is 3.39. The summed E-state index contributed by atoms with van der Waals surface area (Å²) in [7, 11) is 1.48. The maximum atomic E-state index is 12.1. The molecule has 4 rings (SSSR count). The van der Waals surface area contributed by atoms with Crippen molar-refractivity contribution in [2.45, 2.75) is 25.3 Å². The van der Waals surface area contributed by atoms with Crippen molar-refractivity contribution in [2.24, 2.45) is 4.99 Å². The highest BCUT2D eigenvalue weighted by Crippen LogP contribution is 2.31. The summed E-state index contributed by atoms with van der Waals surface area (Å²) >= 11 is 0. The highest BCUT2D eigenvalue weighted by molar-refractivity contribution is 5.72. The number of fused-ring (bicyclic) bond motifs is 1. The van der Waals surface area contributed by atoms with E-state index in [1.807, 2.05) is 41.1 Å². The molecule has 0 amide bonds. The second-order valence-corrected chi connectivity index (χ2v) is 6.65. The smallest absolute Gasteiger partial charge is 0.316 e. The van der Waals surface area contributed by atoms with Crippen LogP contribution in [0.15, 0.2) is 70.6 Å². The topological polar surface area (TPSA) is 56.5 Å². The molecular formula is C22H21N3O2. The third kappa shape index (κ3) is 3.67. The van der Waals surface area contributed by atoms with Gasteiger partial charge in [0.05, 0.1) is 19.9 Å². The molecule has 27 heavy (non-hydrogen) atoms. The van der Waals surface area contributed by atoms with Crippen LogP contribution >= 0.6 is 0 Å². The van der Waals surface area contributed by atoms with Crippen LogP contribution in [0, 0.1) is 0 Å². The molecule has 0 bridgehead atoms. The van der Waals surface area contributed by atoms with E-state index in [4.69, 9.17) is 4.74 Å². The second-order valence-electron chi connectivity index (χ2n) is 6.65. The van der Waals surface area contributed by atoms with Gasteiger partial charge in [-0.1, -0.05) is 54.6 Å². The Kier molecular flexibility index (Phi) is 4.83. The normalized spacial score (nSPS) is 15.8. The SMILES string of the molecule is COc1cn(Cc2ccccc2)c(N=CC2CCc3ccccc32)nc1=O. The van der Waals surface area contributed by atoms with Crippen LogP contribution in [-0.2, 0) is 13.0 Å². The molecule has 5 heteroatoms. The molecule has 0 spiro atoms. The van der Waals surface area contributed by atoms with Gasteiger partial charge in [-0.3, -0.25) is 4.79 Å². The van der Waals surface area contributed by atoms with Crippen LogP contribution in [0.5, 0.6) is 5.75 Å². The lowest BCUT2D eigenvalue weighted by atomic mass is 10.0. The number of ether oxygens (including phenoxy) is 1. The molecule has 0 saturated carbocycles. The maximum absolute atomic E-state index is 12.1. The van der Waals surface area contributed by atoms with Gasteiger partial charge in [0, 0.05) is 12.1 Å². The molecule has 136 valence electrons. The molecule has 0 radical (unpaired) electrons. The molecule has 2 aromatic carbocycles. The number of aliphatic imine (C=N–C) groups is 1. The first-order valence-electron chi connectivity index (χ1n) is 9.06. The number of hydrogen-bond donors (Lipinski definition) is 0. The fourth-order valence-electron chi connectivity index (χ4n) is 3.51. The molecule has 0 saturated heterocycles. The Morgan fingerprint density at radius 1 is 1.19 bits per heavy atom. The van der Waals surface area contributed by atoms with Crippen LogP contribution in [0.2, 0.25) is 0 Å². The molecular weight excluding hydrogens is 338 g/mol. The first-order valence-corrected chi connectivity index (χ1v) is 9.06. The van der Waals surface area contributed by atoms with Crippen LogP contribution in [0.1, 0.15) is 29.0 Å². The molecule has 5 nitrogen and oxygen atoms in total. The highest BCUT2D eigenvalue weighted by Gasteiger charge is 2.20. The van der Waals surface area contributed by atoms with Crippen molar-refractivity contribution >= 4 is 12.2 Å². The summed E-state index contributed by atoms with van der Waals surface area (Å²) in [6.45, 7) is 0.568. The monoisotopic (exact) mass is 359 g/mol. The fourth-order valence-corrected chi connectivity index (χ4v) is 3.51. The van der Waals surface area contributed by atoms with Crippen molar-refractivity contribution in [1.29, 1.82) is 0 Å². The van der Waals surface area contributed by atoms with Gasteiger partial charge in [-0.15, -0.1) is 0 Å². The summed E-state index contributed by atoms with van der Waals surface area (Å²) in [6, 6.07) is 18.5. The predicted octanol–water partition coefficient (Wildman–Crippen LogP) is 3.73. The molecule has 1 atom stereocenters. The largest absolute Gasteiger partial charge is 0.490 e. The minimum atomic E-state index is -0.402. The van der Waals surface area contributed by atoms with E-state index in [2.05, 4.69) is 34.2 Å². The molecule has 1 unspecified atom stereocenters. The van der Waals surface area contributed by atoms with Crippen LogP contribution in [0.3, 0.4) is 0 Å². The minimum Gasteiger partial charge on any atom is -0.490 e. The number of methoxy groups -OCH3 is 1. The standard InChI is InChI=1S/C22H21N3O2/c1-27-20-15-25(14-16-7-3-2-4-8-16)22(24-21(20)26)23-13-18-12-11-17-9-5-6-10-19(17)18/h2-10,13,15,18H,11-12,14H2,1H3. The fraction of sp³-hybridized carbons (Fsp3) is 0.227. The zero-order chi connectivity index (χ0) is 18.6. The predicted molar refractivity (Wildman–Crippen MR) is 106 cm³/mol. The van der Waals surface area contributed by atoms with Crippen LogP contribution < -0.4 is 10.3 Å². The molecule has 0 N–H and O–H groups in total. The van der Waals surface area contributed by atoms with Gasteiger partial charge in [-0.25, -0.2) is 4.99 Å². The van der Waals surface area contributed by atoms with Gasteiger partial charge < -0.3 is 9.30 Å². The first kappa shape index (κ1) is 17.2. The van der Waals surface area contributed by atoms with E-state index >= 15 is 0 Å². The van der Waals surface area contributed by atoms with Crippen molar-refractivity contribution in [1.82, 2.24) is 9.55 Å². The number of rotatable bonds is 5. The van der Waals surface area contributed by atoms with Gasteiger partial charge in [-0.05, 0) is 29.5 Å². The molecule has 1 aliphatic carbocycles. The van der Waals surface area contributed by atoms with Crippen LogP contribution in [0.25, 0.3) is 0 Å². The summed E-state index contributed by atoms with van der Waals surface area (Å²) in [5.74, 6) is 0.871. The zero-order valence-corrected chi connectivity index (χ0v) is 15.2. The molecule has 0 aliphatic heterocycles. The van der Waals surface area contributed by atoms with E-state index in [0.717, 1.165) is 18.4 Å². The van der Waals surface area contributed by atoms with Crippen molar-refractivity contribution in [3.8, 4) is 5.75 Å². The summed E-state index contributed by atoms with van der Waals surface area (Å²) in [4.78, 5) is 20.9. The third-order valence-corrected chi connectivity index (χ3v) is 4.91. The molecule has 0 fully saturated rings. The Labute approximate surface area is 158 Å².